The first kappa shape index (κ1) is 34.7. The number of benzene rings is 3. The van der Waals surface area contributed by atoms with Gasteiger partial charge in [-0.15, -0.1) is 12.4 Å². The fourth-order valence-electron chi connectivity index (χ4n) is 5.59. The number of sulfonamides is 1. The van der Waals surface area contributed by atoms with Gasteiger partial charge in [-0.3, -0.25) is 9.69 Å². The summed E-state index contributed by atoms with van der Waals surface area (Å²) in [5.41, 5.74) is 2.12. The highest BCUT2D eigenvalue weighted by Crippen LogP contribution is 2.28. The van der Waals surface area contributed by atoms with Crippen LogP contribution in [-0.2, 0) is 26.2 Å². The summed E-state index contributed by atoms with van der Waals surface area (Å²) in [5.74, 6) is -0.244. The van der Waals surface area contributed by atoms with Crippen molar-refractivity contribution >= 4 is 28.4 Å². The van der Waals surface area contributed by atoms with Crippen molar-refractivity contribution in [2.45, 2.75) is 62.6 Å². The van der Waals surface area contributed by atoms with Crippen molar-refractivity contribution in [1.29, 1.82) is 0 Å². The van der Waals surface area contributed by atoms with Crippen LogP contribution in [-0.4, -0.2) is 63.0 Å². The number of hydrogen-bond donors (Lipinski definition) is 1. The van der Waals surface area contributed by atoms with E-state index in [0.717, 1.165) is 56.4 Å². The third kappa shape index (κ3) is 10.2. The van der Waals surface area contributed by atoms with E-state index in [1.54, 1.807) is 31.3 Å². The molecule has 1 saturated heterocycles. The number of hydrogen-bond acceptors (Lipinski definition) is 6. The molecule has 1 N–H and O–H groups in total. The van der Waals surface area contributed by atoms with Gasteiger partial charge in [0, 0.05) is 26.7 Å². The Kier molecular flexibility index (Phi) is 14.2. The van der Waals surface area contributed by atoms with E-state index in [1.807, 2.05) is 54.6 Å². The average Bonchev–Trinajstić information content (AvgIpc) is 3.03. The van der Waals surface area contributed by atoms with Crippen LogP contribution < -0.4 is 5.32 Å². The highest BCUT2D eigenvalue weighted by atomic mass is 35.5. The van der Waals surface area contributed by atoms with E-state index in [1.165, 1.54) is 4.31 Å². The normalized spacial score (nSPS) is 18.1. The molecular formula is C34H46ClN3O4S. The number of esters is 1. The van der Waals surface area contributed by atoms with Gasteiger partial charge in [-0.25, -0.2) is 12.7 Å². The third-order valence-electron chi connectivity index (χ3n) is 8.15. The molecule has 1 unspecified atom stereocenters. The fourth-order valence-corrected chi connectivity index (χ4v) is 6.83. The quantitative estimate of drug-likeness (QED) is 0.163. The smallest absolute Gasteiger partial charge is 0.309 e. The van der Waals surface area contributed by atoms with Gasteiger partial charge in [-0.2, -0.15) is 0 Å². The Bertz CT molecular complexity index is 1330. The first-order chi connectivity index (χ1) is 20.4. The predicted molar refractivity (Wildman–Crippen MR) is 175 cm³/mol. The number of likely N-dealkylation sites (N-methyl/N-ethyl adjacent to an activating group) is 1. The Morgan fingerprint density at radius 3 is 2.28 bits per heavy atom. The molecule has 1 aliphatic rings. The zero-order chi connectivity index (χ0) is 29.8. The molecule has 0 spiro atoms. The van der Waals surface area contributed by atoms with Crippen LogP contribution in [0.4, 0.5) is 0 Å². The standard InChI is InChI=1S/C34H45N3O4S.ClH/c1-3-4-22-35-33-25-30(34(38)41-27-28-14-8-5-9-15-28)20-23-37(33)24-21-31(29-16-10-6-11-17-29)26-36(2)42(39,40)32-18-12-7-13-19-32;/h5-19,30-31,33,35H,3-4,20-27H2,1-2H3;1H/t30?,31-,33-;/m0./s1. The molecule has 1 fully saturated rings. The summed E-state index contributed by atoms with van der Waals surface area (Å²) in [4.78, 5) is 15.7. The molecule has 3 aromatic carbocycles. The number of carbonyl (C=O) groups is 1. The molecule has 0 bridgehead atoms. The second kappa shape index (κ2) is 17.5. The van der Waals surface area contributed by atoms with E-state index in [4.69, 9.17) is 4.74 Å². The van der Waals surface area contributed by atoms with Crippen molar-refractivity contribution in [2.24, 2.45) is 5.92 Å². The van der Waals surface area contributed by atoms with Crippen molar-refractivity contribution in [3.63, 3.8) is 0 Å². The minimum atomic E-state index is -3.60. The molecule has 3 atom stereocenters. The van der Waals surface area contributed by atoms with E-state index in [9.17, 15) is 13.2 Å². The van der Waals surface area contributed by atoms with Crippen LogP contribution in [0.2, 0.25) is 0 Å². The molecule has 43 heavy (non-hydrogen) atoms. The second-order valence-electron chi connectivity index (χ2n) is 11.2. The van der Waals surface area contributed by atoms with Crippen molar-refractivity contribution in [1.82, 2.24) is 14.5 Å². The third-order valence-corrected chi connectivity index (χ3v) is 9.98. The first-order valence-electron chi connectivity index (χ1n) is 15.1. The van der Waals surface area contributed by atoms with Crippen molar-refractivity contribution in [3.05, 3.63) is 102 Å². The molecule has 3 aromatic rings. The van der Waals surface area contributed by atoms with Gasteiger partial charge in [0.25, 0.3) is 0 Å². The Balaban J connectivity index is 0.00000506. The zero-order valence-electron chi connectivity index (χ0n) is 25.3. The molecule has 0 radical (unpaired) electrons. The molecule has 0 saturated carbocycles. The van der Waals surface area contributed by atoms with Crippen LogP contribution in [0.1, 0.15) is 56.1 Å². The van der Waals surface area contributed by atoms with Crippen LogP contribution in [0, 0.1) is 5.92 Å². The minimum absolute atomic E-state index is 0. The van der Waals surface area contributed by atoms with E-state index in [2.05, 4.69) is 29.3 Å². The van der Waals surface area contributed by atoms with Crippen LogP contribution in [0.3, 0.4) is 0 Å². The lowest BCUT2D eigenvalue weighted by Crippen LogP contribution is -2.52. The number of nitrogens with zero attached hydrogens (tertiary/aromatic N) is 2. The van der Waals surface area contributed by atoms with Gasteiger partial charge < -0.3 is 10.1 Å². The summed E-state index contributed by atoms with van der Waals surface area (Å²) in [7, 11) is -1.93. The Hall–Kier alpha value is -2.75. The van der Waals surface area contributed by atoms with Crippen molar-refractivity contribution in [3.8, 4) is 0 Å². The Labute approximate surface area is 264 Å². The predicted octanol–water partition coefficient (Wildman–Crippen LogP) is 6.07. The largest absolute Gasteiger partial charge is 0.461 e. The number of rotatable bonds is 15. The summed E-state index contributed by atoms with van der Waals surface area (Å²) >= 11 is 0. The maximum atomic E-state index is 13.3. The molecule has 0 aliphatic carbocycles. The summed E-state index contributed by atoms with van der Waals surface area (Å²) in [5, 5.41) is 3.69. The minimum Gasteiger partial charge on any atom is -0.461 e. The Morgan fingerprint density at radius 2 is 1.63 bits per heavy atom. The second-order valence-corrected chi connectivity index (χ2v) is 13.2. The molecule has 1 heterocycles. The molecule has 4 rings (SSSR count). The molecule has 7 nitrogen and oxygen atoms in total. The van der Waals surface area contributed by atoms with Crippen molar-refractivity contribution in [2.75, 3.05) is 33.2 Å². The fraction of sp³-hybridized carbons (Fsp3) is 0.441. The number of likely N-dealkylation sites (tertiary alicyclic amines) is 1. The number of piperidine rings is 1. The summed E-state index contributed by atoms with van der Waals surface area (Å²) in [6, 6.07) is 28.6. The van der Waals surface area contributed by atoms with Crippen molar-refractivity contribution < 1.29 is 17.9 Å². The molecule has 9 heteroatoms. The van der Waals surface area contributed by atoms with Crippen LogP contribution >= 0.6 is 12.4 Å². The lowest BCUT2D eigenvalue weighted by atomic mass is 9.92. The van der Waals surface area contributed by atoms with Gasteiger partial charge >= 0.3 is 5.97 Å². The van der Waals surface area contributed by atoms with E-state index >= 15 is 0 Å². The molecule has 0 aromatic heterocycles. The van der Waals surface area contributed by atoms with Gasteiger partial charge in [0.05, 0.1) is 17.0 Å². The number of unbranched alkanes of at least 4 members (excludes halogenated alkanes) is 1. The maximum absolute atomic E-state index is 13.3. The van der Waals surface area contributed by atoms with Gasteiger partial charge in [0.15, 0.2) is 0 Å². The lowest BCUT2D eigenvalue weighted by Gasteiger charge is -2.40. The van der Waals surface area contributed by atoms with E-state index in [-0.39, 0.29) is 36.4 Å². The maximum Gasteiger partial charge on any atom is 0.309 e. The SMILES string of the molecule is CCCCN[C@@H]1CC(C(=O)OCc2ccccc2)CCN1CC[C@@H](CN(C)S(=O)(=O)c1ccccc1)c1ccccc1.Cl. The topological polar surface area (TPSA) is 79.0 Å². The Morgan fingerprint density at radius 1 is 1.00 bits per heavy atom. The summed E-state index contributed by atoms with van der Waals surface area (Å²) in [6.45, 7) is 5.34. The summed E-state index contributed by atoms with van der Waals surface area (Å²) in [6.07, 6.45) is 4.49. The van der Waals surface area contributed by atoms with E-state index < -0.39 is 10.0 Å². The molecular weight excluding hydrogens is 582 g/mol. The molecule has 0 amide bonds. The number of carbonyl (C=O) groups excluding carboxylic acids is 1. The lowest BCUT2D eigenvalue weighted by molar-refractivity contribution is -0.152. The zero-order valence-corrected chi connectivity index (χ0v) is 26.9. The van der Waals surface area contributed by atoms with Crippen LogP contribution in [0.15, 0.2) is 95.9 Å². The van der Waals surface area contributed by atoms with Gasteiger partial charge in [-0.1, -0.05) is 92.2 Å². The molecule has 1 aliphatic heterocycles. The highest BCUT2D eigenvalue weighted by Gasteiger charge is 2.33. The van der Waals surface area contributed by atoms with E-state index in [0.29, 0.717) is 24.5 Å². The molecule has 234 valence electrons. The summed E-state index contributed by atoms with van der Waals surface area (Å²) < 4.78 is 33.8. The van der Waals surface area contributed by atoms with Gasteiger partial charge in [0.2, 0.25) is 10.0 Å². The van der Waals surface area contributed by atoms with Gasteiger partial charge in [-0.05, 0) is 61.4 Å². The number of halogens is 1. The number of nitrogens with one attached hydrogen (secondary N) is 1. The first-order valence-corrected chi connectivity index (χ1v) is 16.6. The van der Waals surface area contributed by atoms with Gasteiger partial charge in [0.1, 0.15) is 6.61 Å². The van der Waals surface area contributed by atoms with Crippen LogP contribution in [0.25, 0.3) is 0 Å². The monoisotopic (exact) mass is 627 g/mol. The highest BCUT2D eigenvalue weighted by molar-refractivity contribution is 7.89. The van der Waals surface area contributed by atoms with Crippen LogP contribution in [0.5, 0.6) is 0 Å². The number of ether oxygens (including phenoxy) is 1. The average molecular weight is 628 g/mol.